The molecule has 8 unspecified atom stereocenters. The Balaban J connectivity index is 0.000000122. The molecule has 28 heteroatoms. The summed E-state index contributed by atoms with van der Waals surface area (Å²) in [5, 5.41) is 13.1. The maximum Gasteiger partial charge on any atom is 0.261 e. The number of aryl methyl sites for hydroxylation is 4. The maximum atomic E-state index is 12.9. The highest BCUT2D eigenvalue weighted by molar-refractivity contribution is 7.98. The molecule has 5 fully saturated rings. The topological polar surface area (TPSA) is 281 Å². The van der Waals surface area contributed by atoms with Crippen LogP contribution < -0.4 is 21.3 Å². The second kappa shape index (κ2) is 42.9. The number of thioether (sulfide) groups is 1. The average molecular weight is 1920 g/mol. The molecule has 137 heavy (non-hydrogen) atoms. The molecular formula is C109H114N16O7S5. The molecule has 702 valence electrons. The summed E-state index contributed by atoms with van der Waals surface area (Å²) in [5.41, 5.74) is 13.3. The molecule has 0 bridgehead atoms. The first-order chi connectivity index (χ1) is 66.6. The van der Waals surface area contributed by atoms with Crippen LogP contribution in [-0.2, 0) is 0 Å². The zero-order valence-electron chi connectivity index (χ0n) is 78.5. The van der Waals surface area contributed by atoms with Crippen LogP contribution in [-0.4, -0.2) is 144 Å². The van der Waals surface area contributed by atoms with Gasteiger partial charge in [-0.2, -0.15) is 0 Å². The molecule has 23 nitrogen and oxygen atoms in total. The summed E-state index contributed by atoms with van der Waals surface area (Å²) in [5.74, 6) is 4.36. The lowest BCUT2D eigenvalue weighted by Crippen LogP contribution is -2.38. The van der Waals surface area contributed by atoms with Gasteiger partial charge in [0, 0.05) is 141 Å². The Kier molecular flexibility index (Phi) is 29.6. The van der Waals surface area contributed by atoms with Gasteiger partial charge in [0.2, 0.25) is 0 Å². The molecule has 5 saturated carbocycles. The van der Waals surface area contributed by atoms with E-state index in [0.717, 1.165) is 250 Å². The van der Waals surface area contributed by atoms with Gasteiger partial charge in [0.15, 0.2) is 29.0 Å². The Morgan fingerprint density at radius 3 is 1.06 bits per heavy atom. The van der Waals surface area contributed by atoms with Crippen LogP contribution in [0.3, 0.4) is 0 Å². The molecule has 0 saturated heterocycles. The standard InChI is InChI=1S/C29H30N4O2S.C29H31N3O2S2.C27H29N5O2S.C24H24N4OS/c1-18-8-13-27(36-18)29(35)31-21-5-4-6-22(17-21)33-25-12-11-20(26(34)15-19-9-10-19)16-24(25)32-28(33)23-7-2-3-14-30-23;1-4-25(33)19-13-14-24-23(16-19)31-28(22-10-5-6-11-26(22)35-3)32(24)21-9-7-8-20(17-21)30-29(34)27-15-12-18(2)36-27;1-17-10-13-24(35-17)26(33)29-19-7-6-8-20(16-19)32-23-12-11-18(27(34)31(2)3)15-22(23)30-25(32)21-9-4-5-14-28-21;1-16-12-13-22(30-16)24(29)26-17-7-6-8-18(15-17)28-21-11-3-2-9-19(21)27-23(28)20-10-4-5-14-25-20/h2-3,7-8,11-14,16,19,21-22H,4-6,9-10,15,17H2,1H3,(H,31,35);5-6,10-16,20-21H,4,7-9,17H2,1-3H3,(H,30,34);4-5,9-15,19-20H,6-8,16H2,1-3H3,(H,29,33);2-5,9-14,17-18H,6-8,15H2,1H3,(H,26,29). The van der Waals surface area contributed by atoms with Crippen LogP contribution in [0.5, 0.6) is 0 Å². The van der Waals surface area contributed by atoms with Crippen molar-refractivity contribution in [1.82, 2.24) is 79.3 Å². The fourth-order valence-electron chi connectivity index (χ4n) is 19.9. The smallest absolute Gasteiger partial charge is 0.261 e. The third-order valence-electron chi connectivity index (χ3n) is 26.7. The fraction of sp³-hybridized carbons (Fsp3) is 0.339. The van der Waals surface area contributed by atoms with Crippen LogP contribution >= 0.6 is 57.1 Å². The van der Waals surface area contributed by atoms with Gasteiger partial charge in [-0.1, -0.05) is 55.5 Å². The minimum atomic E-state index is -0.0508. The number of benzene rings is 5. The molecule has 16 aromatic rings. The van der Waals surface area contributed by atoms with E-state index in [9.17, 15) is 33.6 Å². The van der Waals surface area contributed by atoms with Gasteiger partial charge in [-0.05, 0) is 313 Å². The monoisotopic (exact) mass is 1920 g/mol. The van der Waals surface area contributed by atoms with Crippen molar-refractivity contribution in [1.29, 1.82) is 0 Å². The highest BCUT2D eigenvalue weighted by Crippen LogP contribution is 2.44. The number of pyridine rings is 3. The number of rotatable bonds is 23. The minimum absolute atomic E-state index is 0.000952. The molecule has 0 radical (unpaired) electrons. The Labute approximate surface area is 818 Å². The van der Waals surface area contributed by atoms with E-state index in [-0.39, 0.29) is 89.4 Å². The van der Waals surface area contributed by atoms with E-state index in [0.29, 0.717) is 29.9 Å². The highest BCUT2D eigenvalue weighted by Gasteiger charge is 2.36. The lowest BCUT2D eigenvalue weighted by molar-refractivity contribution is 0.0825. The molecule has 5 aliphatic rings. The van der Waals surface area contributed by atoms with Crippen LogP contribution in [0.1, 0.15) is 249 Å². The second-order valence-electron chi connectivity index (χ2n) is 36.8. The van der Waals surface area contributed by atoms with Gasteiger partial charge in [-0.25, -0.2) is 19.9 Å². The van der Waals surface area contributed by atoms with Gasteiger partial charge in [0.05, 0.1) is 63.6 Å². The molecular weight excluding hydrogens is 1810 g/mol. The zero-order valence-corrected chi connectivity index (χ0v) is 82.5. The number of para-hydroxylation sites is 2. The Morgan fingerprint density at radius 2 is 0.701 bits per heavy atom. The fourth-order valence-corrected chi connectivity index (χ4v) is 23.6. The van der Waals surface area contributed by atoms with Crippen LogP contribution in [0.15, 0.2) is 230 Å². The predicted octanol–water partition coefficient (Wildman–Crippen LogP) is 24.1. The summed E-state index contributed by atoms with van der Waals surface area (Å²) < 4.78 is 9.25. The molecule has 11 heterocycles. The zero-order chi connectivity index (χ0) is 94.9. The third kappa shape index (κ3) is 22.0. The summed E-state index contributed by atoms with van der Waals surface area (Å²) in [4.78, 5) is 133. The maximum absolute atomic E-state index is 12.9. The van der Waals surface area contributed by atoms with E-state index in [1.807, 2.05) is 205 Å². The first-order valence-corrected chi connectivity index (χ1v) is 52.3. The number of fused-ring (bicyclic) bond motifs is 4. The Morgan fingerprint density at radius 1 is 0.365 bits per heavy atom. The number of Topliss-reactive ketones (excluding diaryl/α,β-unsaturated/α-hetero) is 2. The van der Waals surface area contributed by atoms with Gasteiger partial charge in [0.25, 0.3) is 29.5 Å². The van der Waals surface area contributed by atoms with Crippen molar-refractivity contribution in [3.8, 4) is 45.9 Å². The van der Waals surface area contributed by atoms with Crippen LogP contribution in [0.2, 0.25) is 0 Å². The molecule has 5 aromatic carbocycles. The third-order valence-corrected chi connectivity index (χ3v) is 31.5. The largest absolute Gasteiger partial charge is 0.349 e. The molecule has 21 rings (SSSR count). The van der Waals surface area contributed by atoms with Crippen molar-refractivity contribution in [2.24, 2.45) is 5.92 Å². The van der Waals surface area contributed by atoms with Gasteiger partial charge < -0.3 is 44.4 Å². The van der Waals surface area contributed by atoms with Crippen molar-refractivity contribution in [3.05, 3.63) is 281 Å². The van der Waals surface area contributed by atoms with Crippen molar-refractivity contribution in [2.45, 2.75) is 216 Å². The number of thiophene rings is 4. The molecule has 0 spiro atoms. The number of amides is 5. The number of hydrogen-bond donors (Lipinski definition) is 4. The quantitative estimate of drug-likeness (QED) is 0.0342. The summed E-state index contributed by atoms with van der Waals surface area (Å²) in [6.07, 6.45) is 26.5. The SMILES string of the molecule is CCC(=O)c1ccc2c(c1)nc(-c1ccccc1SC)n2C1CCCC(NC(=O)c2ccc(C)s2)C1.Cc1ccc(C(=O)NC2CCCC(n3c(-c4ccccn4)nc4cc(C(=O)CC5CC5)ccc43)C2)s1.Cc1ccc(C(=O)NC2CCCC(n3c(-c4ccccn4)nc4cc(C(=O)N(C)C)ccc43)C2)s1.Cc1ccc(C(=O)NC2CCCC(n3c(-c4ccccn4)nc4ccccc43)C2)s1. The first kappa shape index (κ1) is 94.6. The molecule has 5 aliphatic carbocycles. The van der Waals surface area contributed by atoms with E-state index < -0.39 is 0 Å². The van der Waals surface area contributed by atoms with Crippen LogP contribution in [0, 0.1) is 33.6 Å². The number of carbonyl (C=O) groups is 7. The van der Waals surface area contributed by atoms with Crippen molar-refractivity contribution >= 4 is 142 Å². The number of imidazole rings is 4. The van der Waals surface area contributed by atoms with Gasteiger partial charge in [-0.15, -0.1) is 57.1 Å². The Bertz CT molecular complexity index is 7060. The summed E-state index contributed by atoms with van der Waals surface area (Å²) in [6, 6.07) is 68.7. The number of carbonyl (C=O) groups excluding carboxylic acids is 7. The van der Waals surface area contributed by atoms with Gasteiger partial charge >= 0.3 is 0 Å². The molecule has 5 amide bonds. The van der Waals surface area contributed by atoms with E-state index in [2.05, 4.69) is 103 Å². The van der Waals surface area contributed by atoms with Gasteiger partial charge in [0.1, 0.15) is 22.9 Å². The van der Waals surface area contributed by atoms with Crippen LogP contribution in [0.25, 0.3) is 90.1 Å². The van der Waals surface area contributed by atoms with Crippen LogP contribution in [0.4, 0.5) is 0 Å². The second-order valence-corrected chi connectivity index (χ2v) is 42.8. The lowest BCUT2D eigenvalue weighted by atomic mass is 9.90. The summed E-state index contributed by atoms with van der Waals surface area (Å²) in [7, 11) is 3.50. The Hall–Kier alpha value is -12.7. The van der Waals surface area contributed by atoms with E-state index in [4.69, 9.17) is 19.9 Å². The molecule has 4 N–H and O–H groups in total. The molecule has 8 atom stereocenters. The number of nitrogens with one attached hydrogen (secondary N) is 4. The predicted molar refractivity (Wildman–Crippen MR) is 551 cm³/mol. The normalized spacial score (nSPS) is 18.7. The van der Waals surface area contributed by atoms with E-state index in [1.54, 1.807) is 54.5 Å². The number of aromatic nitrogens is 11. The summed E-state index contributed by atoms with van der Waals surface area (Å²) >= 11 is 7.85. The molecule has 11 aromatic heterocycles. The van der Waals surface area contributed by atoms with Crippen molar-refractivity contribution in [3.63, 3.8) is 0 Å². The lowest BCUT2D eigenvalue weighted by Gasteiger charge is -2.32. The van der Waals surface area contributed by atoms with Gasteiger partial charge in [-0.3, -0.25) is 48.5 Å². The first-order valence-electron chi connectivity index (χ1n) is 47.8. The van der Waals surface area contributed by atoms with Crippen molar-refractivity contribution in [2.75, 3.05) is 20.4 Å². The summed E-state index contributed by atoms with van der Waals surface area (Å²) in [6.45, 7) is 9.97. The number of ketones is 2. The average Bonchev–Trinajstić information content (AvgIpc) is 1.61. The highest BCUT2D eigenvalue weighted by atomic mass is 32.2. The number of nitrogens with zero attached hydrogens (tertiary/aromatic N) is 12. The van der Waals surface area contributed by atoms with E-state index >= 15 is 0 Å². The van der Waals surface area contributed by atoms with E-state index in [1.165, 1.54) is 38.9 Å². The minimum Gasteiger partial charge on any atom is -0.349 e. The van der Waals surface area contributed by atoms with Crippen molar-refractivity contribution < 1.29 is 33.6 Å². The number of hydrogen-bond acceptors (Lipinski definition) is 19. The molecule has 0 aliphatic heterocycles.